The van der Waals surface area contributed by atoms with Gasteiger partial charge in [-0.15, -0.1) is 13.2 Å². The first-order chi connectivity index (χ1) is 16.6. The predicted octanol–water partition coefficient (Wildman–Crippen LogP) is 4.06. The van der Waals surface area contributed by atoms with E-state index in [1.807, 2.05) is 0 Å². The fraction of sp³-hybridized carbons (Fsp3) is 0.364. The summed E-state index contributed by atoms with van der Waals surface area (Å²) < 4.78 is 80.1. The lowest BCUT2D eigenvalue weighted by molar-refractivity contribution is -0.274. The Morgan fingerprint density at radius 2 is 1.71 bits per heavy atom. The number of rotatable bonds is 11. The molecule has 0 fully saturated rings. The van der Waals surface area contributed by atoms with E-state index in [0.717, 1.165) is 43.9 Å². The molecule has 3 aromatic rings. The fourth-order valence-corrected chi connectivity index (χ4v) is 4.28. The van der Waals surface area contributed by atoms with E-state index in [-0.39, 0.29) is 10.7 Å². The molecule has 1 N–H and O–H groups in total. The van der Waals surface area contributed by atoms with Crippen LogP contribution in [0.3, 0.4) is 0 Å². The van der Waals surface area contributed by atoms with E-state index in [0.29, 0.717) is 29.0 Å². The second-order valence-electron chi connectivity index (χ2n) is 7.24. The van der Waals surface area contributed by atoms with Gasteiger partial charge in [-0.2, -0.15) is 0 Å². The van der Waals surface area contributed by atoms with Gasteiger partial charge in [0.2, 0.25) is 0 Å². The van der Waals surface area contributed by atoms with Crippen LogP contribution in [0, 0.1) is 0 Å². The van der Waals surface area contributed by atoms with Crippen LogP contribution in [-0.2, 0) is 10.0 Å². The number of aromatic nitrogens is 2. The molecule has 0 saturated carbocycles. The van der Waals surface area contributed by atoms with Gasteiger partial charge in [-0.25, -0.2) is 18.4 Å². The number of nitrogens with zero attached hydrogens (tertiary/aromatic N) is 3. The van der Waals surface area contributed by atoms with Crippen molar-refractivity contribution < 1.29 is 35.8 Å². The molecule has 190 valence electrons. The van der Waals surface area contributed by atoms with Crippen LogP contribution in [-0.4, -0.2) is 63.0 Å². The topological polar surface area (TPSA) is 103 Å². The maximum Gasteiger partial charge on any atom is 0.573 e. The van der Waals surface area contributed by atoms with E-state index in [2.05, 4.69) is 38.2 Å². The van der Waals surface area contributed by atoms with Gasteiger partial charge < -0.3 is 19.1 Å². The first-order valence-electron chi connectivity index (χ1n) is 10.6. The van der Waals surface area contributed by atoms with Crippen molar-refractivity contribution in [2.75, 3.05) is 38.1 Å². The summed E-state index contributed by atoms with van der Waals surface area (Å²) in [5.74, 6) is 0.238. The molecular formula is C22H25F3N4O5S. The molecule has 0 aliphatic carbocycles. The zero-order chi connectivity index (χ0) is 25.6. The standard InChI is InChI=1S/C22H25F3N4O5S/c1-4-29(5-2)10-11-33-20-13-18-17(12-19(20)32-3)21(27-14-26-18)28-35(30,31)16-8-6-15(7-9-16)34-22(23,24)25/h6-9,12-14H,4-5,10-11H2,1-3H3,(H,26,27,28). The average molecular weight is 515 g/mol. The van der Waals surface area contributed by atoms with Gasteiger partial charge in [0.05, 0.1) is 17.5 Å². The summed E-state index contributed by atoms with van der Waals surface area (Å²) in [6.07, 6.45) is -3.70. The highest BCUT2D eigenvalue weighted by Crippen LogP contribution is 2.34. The van der Waals surface area contributed by atoms with E-state index >= 15 is 0 Å². The Kier molecular flexibility index (Phi) is 8.22. The van der Waals surface area contributed by atoms with Crippen molar-refractivity contribution in [3.63, 3.8) is 0 Å². The van der Waals surface area contributed by atoms with E-state index in [4.69, 9.17) is 9.47 Å². The van der Waals surface area contributed by atoms with Crippen molar-refractivity contribution in [3.05, 3.63) is 42.7 Å². The minimum absolute atomic E-state index is 0.0291. The summed E-state index contributed by atoms with van der Waals surface area (Å²) in [6.45, 7) is 7.04. The van der Waals surface area contributed by atoms with Gasteiger partial charge in [0.1, 0.15) is 18.7 Å². The molecule has 1 heterocycles. The molecule has 0 bridgehead atoms. The minimum atomic E-state index is -4.88. The number of hydrogen-bond acceptors (Lipinski definition) is 8. The summed E-state index contributed by atoms with van der Waals surface area (Å²) in [5.41, 5.74) is 0.408. The maximum atomic E-state index is 12.8. The third kappa shape index (κ3) is 6.85. The van der Waals surface area contributed by atoms with E-state index in [1.54, 1.807) is 12.1 Å². The smallest absolute Gasteiger partial charge is 0.493 e. The molecular weight excluding hydrogens is 489 g/mol. The van der Waals surface area contributed by atoms with Crippen LogP contribution in [0.2, 0.25) is 0 Å². The third-order valence-electron chi connectivity index (χ3n) is 5.08. The van der Waals surface area contributed by atoms with Crippen LogP contribution in [0.15, 0.2) is 47.6 Å². The zero-order valence-electron chi connectivity index (χ0n) is 19.3. The first kappa shape index (κ1) is 26.3. The lowest BCUT2D eigenvalue weighted by Crippen LogP contribution is -2.27. The van der Waals surface area contributed by atoms with Crippen molar-refractivity contribution in [1.82, 2.24) is 14.9 Å². The van der Waals surface area contributed by atoms with Crippen molar-refractivity contribution in [1.29, 1.82) is 0 Å². The quantitative estimate of drug-likeness (QED) is 0.409. The Hall–Kier alpha value is -3.32. The second kappa shape index (κ2) is 11.0. The zero-order valence-corrected chi connectivity index (χ0v) is 20.1. The van der Waals surface area contributed by atoms with Gasteiger partial charge in [0.25, 0.3) is 10.0 Å². The Morgan fingerprint density at radius 3 is 2.31 bits per heavy atom. The summed E-state index contributed by atoms with van der Waals surface area (Å²) in [6, 6.07) is 6.99. The minimum Gasteiger partial charge on any atom is -0.493 e. The lowest BCUT2D eigenvalue weighted by atomic mass is 10.2. The SMILES string of the molecule is CCN(CC)CCOc1cc2ncnc(NS(=O)(=O)c3ccc(OC(F)(F)F)cc3)c2cc1OC. The molecule has 2 aromatic carbocycles. The Labute approximate surface area is 200 Å². The first-order valence-corrected chi connectivity index (χ1v) is 12.1. The highest BCUT2D eigenvalue weighted by Gasteiger charge is 2.31. The molecule has 3 rings (SSSR count). The number of benzene rings is 2. The molecule has 0 spiro atoms. The Balaban J connectivity index is 1.85. The summed E-state index contributed by atoms with van der Waals surface area (Å²) in [7, 11) is -2.72. The largest absolute Gasteiger partial charge is 0.573 e. The Morgan fingerprint density at radius 1 is 1.03 bits per heavy atom. The molecule has 13 heteroatoms. The van der Waals surface area contributed by atoms with Crippen LogP contribution < -0.4 is 18.9 Å². The second-order valence-corrected chi connectivity index (χ2v) is 8.92. The van der Waals surface area contributed by atoms with Gasteiger partial charge in [-0.3, -0.25) is 4.72 Å². The molecule has 0 radical (unpaired) electrons. The van der Waals surface area contributed by atoms with Crippen LogP contribution in [0.5, 0.6) is 17.2 Å². The number of sulfonamides is 1. The summed E-state index contributed by atoms with van der Waals surface area (Å²) in [4.78, 5) is 10.1. The molecule has 1 aromatic heterocycles. The van der Waals surface area contributed by atoms with Crippen LogP contribution in [0.4, 0.5) is 19.0 Å². The number of methoxy groups -OCH3 is 1. The maximum absolute atomic E-state index is 12.8. The van der Waals surface area contributed by atoms with Crippen molar-refractivity contribution in [3.8, 4) is 17.2 Å². The molecule has 0 aliphatic rings. The molecule has 0 amide bonds. The third-order valence-corrected chi connectivity index (χ3v) is 6.43. The number of nitrogens with one attached hydrogen (secondary N) is 1. The number of alkyl halides is 3. The number of halogens is 3. The lowest BCUT2D eigenvalue weighted by Gasteiger charge is -2.19. The summed E-state index contributed by atoms with van der Waals surface area (Å²) in [5, 5.41) is 0.348. The van der Waals surface area contributed by atoms with Crippen LogP contribution >= 0.6 is 0 Å². The molecule has 9 nitrogen and oxygen atoms in total. The molecule has 35 heavy (non-hydrogen) atoms. The van der Waals surface area contributed by atoms with Gasteiger partial charge in [-0.1, -0.05) is 13.8 Å². The van der Waals surface area contributed by atoms with Gasteiger partial charge in [0, 0.05) is 18.0 Å². The van der Waals surface area contributed by atoms with E-state index < -0.39 is 22.1 Å². The fourth-order valence-electron chi connectivity index (χ4n) is 3.25. The van der Waals surface area contributed by atoms with Crippen molar-refractivity contribution >= 4 is 26.7 Å². The number of ether oxygens (including phenoxy) is 3. The number of hydrogen-bond donors (Lipinski definition) is 1. The monoisotopic (exact) mass is 514 g/mol. The number of anilines is 1. The Bertz CT molecular complexity index is 1250. The number of likely N-dealkylation sites (N-methyl/N-ethyl adjacent to an activating group) is 1. The molecule has 0 atom stereocenters. The molecule has 0 unspecified atom stereocenters. The van der Waals surface area contributed by atoms with Crippen LogP contribution in [0.25, 0.3) is 10.9 Å². The van der Waals surface area contributed by atoms with E-state index in [1.165, 1.54) is 13.4 Å². The average Bonchev–Trinajstić information content (AvgIpc) is 2.80. The summed E-state index contributed by atoms with van der Waals surface area (Å²) >= 11 is 0. The van der Waals surface area contributed by atoms with E-state index in [9.17, 15) is 21.6 Å². The predicted molar refractivity (Wildman–Crippen MR) is 123 cm³/mol. The number of fused-ring (bicyclic) bond motifs is 1. The van der Waals surface area contributed by atoms with Gasteiger partial charge in [0.15, 0.2) is 17.3 Å². The normalized spacial score (nSPS) is 12.1. The molecule has 0 saturated heterocycles. The van der Waals surface area contributed by atoms with Crippen molar-refractivity contribution in [2.45, 2.75) is 25.1 Å². The van der Waals surface area contributed by atoms with Crippen molar-refractivity contribution in [2.24, 2.45) is 0 Å². The highest BCUT2D eigenvalue weighted by atomic mass is 32.2. The van der Waals surface area contributed by atoms with Gasteiger partial charge >= 0.3 is 6.36 Å². The van der Waals surface area contributed by atoms with Gasteiger partial charge in [-0.05, 0) is 43.4 Å². The highest BCUT2D eigenvalue weighted by molar-refractivity contribution is 7.92. The van der Waals surface area contributed by atoms with Crippen LogP contribution in [0.1, 0.15) is 13.8 Å². The molecule has 0 aliphatic heterocycles.